The molecule has 1 aliphatic heterocycles. The molecule has 4 atom stereocenters. The molecule has 1 heterocycles. The zero-order chi connectivity index (χ0) is 9.84. The molecule has 0 aliphatic carbocycles. The molecule has 13 heavy (non-hydrogen) atoms. The van der Waals surface area contributed by atoms with E-state index in [4.69, 9.17) is 27.2 Å². The van der Waals surface area contributed by atoms with Crippen molar-refractivity contribution in [3.63, 3.8) is 0 Å². The second-order valence-corrected chi connectivity index (χ2v) is 10.4. The predicted octanol–water partition coefficient (Wildman–Crippen LogP) is 1.00. The first-order valence-corrected chi connectivity index (χ1v) is 14.0. The van der Waals surface area contributed by atoms with Crippen molar-refractivity contribution in [2.75, 3.05) is 21.3 Å². The normalized spacial score (nSPS) is 39.1. The van der Waals surface area contributed by atoms with Crippen LogP contribution in [0.1, 0.15) is 0 Å². The van der Waals surface area contributed by atoms with Crippen LogP contribution in [-0.4, -0.2) is 40.0 Å². The summed E-state index contributed by atoms with van der Waals surface area (Å²) in [5.74, 6) is 0. The average Bonchev–Trinajstić information content (AvgIpc) is 2.54. The molecular formula is C7H13ClHgO4. The molecule has 0 bridgehead atoms. The SMILES string of the molecule is COC1OC(OC)[CH]([Hg][Cl])C1OC. The van der Waals surface area contributed by atoms with Gasteiger partial charge in [0.25, 0.3) is 0 Å². The van der Waals surface area contributed by atoms with Crippen LogP contribution in [0.5, 0.6) is 0 Å². The molecule has 1 fully saturated rings. The second kappa shape index (κ2) is 5.83. The van der Waals surface area contributed by atoms with E-state index in [1.807, 2.05) is 0 Å². The fourth-order valence-corrected chi connectivity index (χ4v) is 8.39. The van der Waals surface area contributed by atoms with Crippen molar-refractivity contribution in [2.24, 2.45) is 0 Å². The van der Waals surface area contributed by atoms with Gasteiger partial charge in [-0.2, -0.15) is 0 Å². The van der Waals surface area contributed by atoms with Crippen molar-refractivity contribution in [1.82, 2.24) is 0 Å². The van der Waals surface area contributed by atoms with Gasteiger partial charge in [0.1, 0.15) is 0 Å². The Labute approximate surface area is 93.7 Å². The standard InChI is InChI=1S/C7H13O4.ClH.Hg/c1-8-5-4-6(9-2)11-7(5)10-3;;/h4-7H,1-3H3;1H;/q;;+1/p-1. The minimum atomic E-state index is -1.46. The Balaban J connectivity index is 2.65. The minimum absolute atomic E-state index is 0.0610. The van der Waals surface area contributed by atoms with E-state index < -0.39 is 23.3 Å². The number of hydrogen-bond acceptors (Lipinski definition) is 4. The Morgan fingerprint density at radius 2 is 1.69 bits per heavy atom. The van der Waals surface area contributed by atoms with E-state index in [-0.39, 0.29) is 22.1 Å². The van der Waals surface area contributed by atoms with Gasteiger partial charge in [0, 0.05) is 0 Å². The van der Waals surface area contributed by atoms with Crippen molar-refractivity contribution >= 4 is 8.25 Å². The fraction of sp³-hybridized carbons (Fsp3) is 1.00. The first-order chi connectivity index (χ1) is 6.28. The Morgan fingerprint density at radius 1 is 1.08 bits per heavy atom. The van der Waals surface area contributed by atoms with E-state index in [1.165, 1.54) is 0 Å². The van der Waals surface area contributed by atoms with Crippen molar-refractivity contribution in [1.29, 1.82) is 0 Å². The third-order valence-corrected chi connectivity index (χ3v) is 10.0. The van der Waals surface area contributed by atoms with Gasteiger partial charge in [0.05, 0.1) is 0 Å². The van der Waals surface area contributed by atoms with Gasteiger partial charge < -0.3 is 0 Å². The molecule has 1 aliphatic rings. The van der Waals surface area contributed by atoms with Crippen molar-refractivity contribution in [2.45, 2.75) is 22.1 Å². The molecule has 74 valence electrons. The quantitative estimate of drug-likeness (QED) is 0.664. The van der Waals surface area contributed by atoms with E-state index in [1.54, 1.807) is 21.3 Å². The van der Waals surface area contributed by atoms with Crippen LogP contribution in [-0.2, 0) is 42.3 Å². The summed E-state index contributed by atoms with van der Waals surface area (Å²) in [6.07, 6.45) is -0.637. The van der Waals surface area contributed by atoms with Crippen LogP contribution in [0.15, 0.2) is 0 Å². The topological polar surface area (TPSA) is 36.9 Å². The van der Waals surface area contributed by atoms with Crippen LogP contribution < -0.4 is 0 Å². The summed E-state index contributed by atoms with van der Waals surface area (Å²) in [6.45, 7) is 0. The molecule has 4 unspecified atom stereocenters. The van der Waals surface area contributed by atoms with Crippen LogP contribution in [0, 0.1) is 0 Å². The maximum atomic E-state index is 6.00. The van der Waals surface area contributed by atoms with Crippen LogP contribution in [0.4, 0.5) is 0 Å². The summed E-state index contributed by atoms with van der Waals surface area (Å²) in [5.41, 5.74) is 0. The number of ether oxygens (including phenoxy) is 4. The second-order valence-electron chi connectivity index (χ2n) is 2.86. The van der Waals surface area contributed by atoms with E-state index in [9.17, 15) is 0 Å². The van der Waals surface area contributed by atoms with Crippen molar-refractivity contribution in [3.8, 4) is 0 Å². The number of methoxy groups -OCH3 is 3. The molecule has 6 heteroatoms. The fourth-order valence-electron chi connectivity index (χ4n) is 1.53. The van der Waals surface area contributed by atoms with Gasteiger partial charge in [-0.1, -0.05) is 0 Å². The number of halogens is 1. The van der Waals surface area contributed by atoms with E-state index in [0.717, 1.165) is 0 Å². The predicted molar refractivity (Wildman–Crippen MR) is 43.1 cm³/mol. The van der Waals surface area contributed by atoms with Gasteiger partial charge in [-0.3, -0.25) is 0 Å². The Bertz CT molecular complexity index is 143. The summed E-state index contributed by atoms with van der Waals surface area (Å²) in [5, 5.41) is 0. The van der Waals surface area contributed by atoms with Crippen LogP contribution >= 0.6 is 8.25 Å². The molecule has 0 aromatic heterocycles. The molecule has 0 amide bonds. The maximum absolute atomic E-state index is 6.00. The van der Waals surface area contributed by atoms with Gasteiger partial charge in [-0.15, -0.1) is 0 Å². The van der Waals surface area contributed by atoms with Gasteiger partial charge in [0.15, 0.2) is 0 Å². The van der Waals surface area contributed by atoms with Gasteiger partial charge in [-0.25, -0.2) is 0 Å². The van der Waals surface area contributed by atoms with E-state index in [0.29, 0.717) is 0 Å². The summed E-state index contributed by atoms with van der Waals surface area (Å²) in [4.78, 5) is 0. The van der Waals surface area contributed by atoms with Gasteiger partial charge >= 0.3 is 94.0 Å². The molecule has 0 saturated carbocycles. The van der Waals surface area contributed by atoms with Crippen LogP contribution in [0.25, 0.3) is 0 Å². The molecule has 0 N–H and O–H groups in total. The summed E-state index contributed by atoms with van der Waals surface area (Å²) >= 11 is -1.46. The molecule has 1 saturated heterocycles. The Kier molecular flexibility index (Phi) is 5.44. The first kappa shape index (κ1) is 12.1. The van der Waals surface area contributed by atoms with Crippen molar-refractivity contribution in [3.05, 3.63) is 0 Å². The molecule has 1 rings (SSSR count). The Morgan fingerprint density at radius 3 is 2.08 bits per heavy atom. The molecule has 0 aromatic rings. The monoisotopic (exact) mass is 398 g/mol. The summed E-state index contributed by atoms with van der Waals surface area (Å²) < 4.78 is 21.3. The average molecular weight is 397 g/mol. The third kappa shape index (κ3) is 2.55. The zero-order valence-electron chi connectivity index (χ0n) is 8.03. The molecular weight excluding hydrogens is 384 g/mol. The van der Waals surface area contributed by atoms with Gasteiger partial charge in [-0.05, 0) is 0 Å². The van der Waals surface area contributed by atoms with Crippen molar-refractivity contribution < 1.29 is 42.3 Å². The zero-order valence-corrected chi connectivity index (χ0v) is 14.3. The summed E-state index contributed by atoms with van der Waals surface area (Å²) in [6, 6.07) is 0. The molecule has 4 nitrogen and oxygen atoms in total. The molecule has 0 spiro atoms. The number of hydrogen-bond donors (Lipinski definition) is 0. The summed E-state index contributed by atoms with van der Waals surface area (Å²) in [7, 11) is 10.9. The Hall–Kier alpha value is 1.07. The van der Waals surface area contributed by atoms with E-state index >= 15 is 0 Å². The number of rotatable bonds is 4. The van der Waals surface area contributed by atoms with Crippen LogP contribution in [0.2, 0.25) is 3.43 Å². The molecule has 0 radical (unpaired) electrons. The van der Waals surface area contributed by atoms with E-state index in [2.05, 4.69) is 0 Å². The molecule has 0 aromatic carbocycles. The van der Waals surface area contributed by atoms with Gasteiger partial charge in [0.2, 0.25) is 0 Å². The first-order valence-electron chi connectivity index (χ1n) is 4.08. The van der Waals surface area contributed by atoms with Crippen LogP contribution in [0.3, 0.4) is 0 Å². The third-order valence-electron chi connectivity index (χ3n) is 2.22.